The van der Waals surface area contributed by atoms with E-state index in [0.29, 0.717) is 5.69 Å². The summed E-state index contributed by atoms with van der Waals surface area (Å²) in [6, 6.07) is 14.8. The first-order valence-electron chi connectivity index (χ1n) is 6.47. The Morgan fingerprint density at radius 2 is 1.74 bits per heavy atom. The number of benzene rings is 2. The molecule has 3 heteroatoms. The van der Waals surface area contributed by atoms with Gasteiger partial charge in [-0.15, -0.1) is 0 Å². The van der Waals surface area contributed by atoms with Crippen molar-refractivity contribution >= 4 is 11.4 Å². The van der Waals surface area contributed by atoms with Crippen molar-refractivity contribution in [2.45, 2.75) is 12.8 Å². The first-order chi connectivity index (χ1) is 9.16. The molecule has 0 bridgehead atoms. The highest BCUT2D eigenvalue weighted by atomic mass is 19.1. The summed E-state index contributed by atoms with van der Waals surface area (Å²) in [6.07, 6.45) is 1.95. The van der Waals surface area contributed by atoms with Gasteiger partial charge in [0.15, 0.2) is 0 Å². The number of rotatable bonds is 5. The third-order valence-electron chi connectivity index (χ3n) is 3.20. The van der Waals surface area contributed by atoms with Gasteiger partial charge in [-0.1, -0.05) is 24.3 Å². The van der Waals surface area contributed by atoms with Gasteiger partial charge in [-0.3, -0.25) is 0 Å². The first kappa shape index (κ1) is 13.4. The Hall–Kier alpha value is -2.03. The lowest BCUT2D eigenvalue weighted by molar-refractivity contribution is 0.620. The summed E-state index contributed by atoms with van der Waals surface area (Å²) in [6.45, 7) is 0.825. The first-order valence-corrected chi connectivity index (χ1v) is 6.47. The van der Waals surface area contributed by atoms with Crippen LogP contribution in [-0.4, -0.2) is 13.6 Å². The molecule has 0 saturated carbocycles. The van der Waals surface area contributed by atoms with Crippen molar-refractivity contribution in [1.29, 1.82) is 0 Å². The summed E-state index contributed by atoms with van der Waals surface area (Å²) in [5, 5.41) is 0. The predicted molar refractivity (Wildman–Crippen MR) is 78.8 cm³/mol. The number of nitrogen functional groups attached to an aromatic ring is 1. The van der Waals surface area contributed by atoms with Crippen LogP contribution in [0.15, 0.2) is 48.5 Å². The molecule has 2 nitrogen and oxygen atoms in total. The molecule has 2 aromatic rings. The standard InChI is InChI=1S/C16H19FN2/c1-19(16-7-3-2-6-15(16)17)12-4-5-13-8-10-14(18)11-9-13/h2-3,6-11H,4-5,12,18H2,1H3. The highest BCUT2D eigenvalue weighted by molar-refractivity contribution is 5.46. The zero-order valence-corrected chi connectivity index (χ0v) is 11.1. The number of para-hydroxylation sites is 1. The molecule has 2 N–H and O–H groups in total. The van der Waals surface area contributed by atoms with Gasteiger partial charge in [0.05, 0.1) is 5.69 Å². The van der Waals surface area contributed by atoms with Gasteiger partial charge in [0.25, 0.3) is 0 Å². The second-order valence-corrected chi connectivity index (χ2v) is 4.72. The van der Waals surface area contributed by atoms with Gasteiger partial charge in [-0.05, 0) is 42.7 Å². The van der Waals surface area contributed by atoms with E-state index in [9.17, 15) is 4.39 Å². The molecule has 19 heavy (non-hydrogen) atoms. The molecule has 0 unspecified atom stereocenters. The minimum atomic E-state index is -0.169. The van der Waals surface area contributed by atoms with Crippen LogP contribution in [0, 0.1) is 5.82 Å². The second kappa shape index (κ2) is 6.23. The van der Waals surface area contributed by atoms with E-state index in [1.165, 1.54) is 11.6 Å². The molecule has 2 aromatic carbocycles. The maximum atomic E-state index is 13.6. The van der Waals surface area contributed by atoms with Crippen LogP contribution in [0.1, 0.15) is 12.0 Å². The Labute approximate surface area is 113 Å². The lowest BCUT2D eigenvalue weighted by Crippen LogP contribution is -2.20. The number of aryl methyl sites for hydroxylation is 1. The highest BCUT2D eigenvalue weighted by Crippen LogP contribution is 2.17. The van der Waals surface area contributed by atoms with Gasteiger partial charge < -0.3 is 10.6 Å². The van der Waals surface area contributed by atoms with Gasteiger partial charge in [-0.25, -0.2) is 4.39 Å². The topological polar surface area (TPSA) is 29.3 Å². The van der Waals surface area contributed by atoms with Crippen molar-refractivity contribution < 1.29 is 4.39 Å². The molecule has 100 valence electrons. The third-order valence-corrected chi connectivity index (χ3v) is 3.20. The van der Waals surface area contributed by atoms with Crippen LogP contribution in [-0.2, 0) is 6.42 Å². The number of halogens is 1. The summed E-state index contributed by atoms with van der Waals surface area (Å²) < 4.78 is 13.6. The van der Waals surface area contributed by atoms with Crippen molar-refractivity contribution in [3.05, 3.63) is 59.9 Å². The van der Waals surface area contributed by atoms with E-state index in [4.69, 9.17) is 5.73 Å². The van der Waals surface area contributed by atoms with E-state index in [1.807, 2.05) is 42.3 Å². The van der Waals surface area contributed by atoms with Crippen molar-refractivity contribution in [1.82, 2.24) is 0 Å². The monoisotopic (exact) mass is 258 g/mol. The Balaban J connectivity index is 1.86. The molecule has 0 fully saturated rings. The van der Waals surface area contributed by atoms with Crippen molar-refractivity contribution in [2.75, 3.05) is 24.2 Å². The number of nitrogens with zero attached hydrogens (tertiary/aromatic N) is 1. The fraction of sp³-hybridized carbons (Fsp3) is 0.250. The van der Waals surface area contributed by atoms with E-state index in [0.717, 1.165) is 25.1 Å². The Kier molecular flexibility index (Phi) is 4.39. The van der Waals surface area contributed by atoms with E-state index < -0.39 is 0 Å². The molecule has 2 rings (SSSR count). The van der Waals surface area contributed by atoms with Gasteiger partial charge >= 0.3 is 0 Å². The van der Waals surface area contributed by atoms with Crippen LogP contribution in [0.25, 0.3) is 0 Å². The molecule has 0 heterocycles. The van der Waals surface area contributed by atoms with Crippen LogP contribution >= 0.6 is 0 Å². The Morgan fingerprint density at radius 1 is 1.05 bits per heavy atom. The van der Waals surface area contributed by atoms with E-state index in [2.05, 4.69) is 0 Å². The molecule has 0 saturated heterocycles. The van der Waals surface area contributed by atoms with Gasteiger partial charge in [0.2, 0.25) is 0 Å². The number of anilines is 2. The smallest absolute Gasteiger partial charge is 0.146 e. The number of nitrogens with two attached hydrogens (primary N) is 1. The minimum absolute atomic E-state index is 0.169. The lowest BCUT2D eigenvalue weighted by atomic mass is 10.1. The highest BCUT2D eigenvalue weighted by Gasteiger charge is 2.05. The molecule has 0 aliphatic carbocycles. The maximum Gasteiger partial charge on any atom is 0.146 e. The van der Waals surface area contributed by atoms with Gasteiger partial charge in [0.1, 0.15) is 5.82 Å². The number of hydrogen-bond donors (Lipinski definition) is 1. The fourth-order valence-electron chi connectivity index (χ4n) is 2.09. The van der Waals surface area contributed by atoms with Crippen molar-refractivity contribution in [2.24, 2.45) is 0 Å². The molecular weight excluding hydrogens is 239 g/mol. The molecule has 0 atom stereocenters. The maximum absolute atomic E-state index is 13.6. The number of hydrogen-bond acceptors (Lipinski definition) is 2. The molecule has 0 spiro atoms. The zero-order chi connectivity index (χ0) is 13.7. The molecule has 0 aliphatic rings. The Morgan fingerprint density at radius 3 is 2.42 bits per heavy atom. The van der Waals surface area contributed by atoms with Crippen LogP contribution in [0.2, 0.25) is 0 Å². The summed E-state index contributed by atoms with van der Waals surface area (Å²) >= 11 is 0. The third kappa shape index (κ3) is 3.71. The SMILES string of the molecule is CN(CCCc1ccc(N)cc1)c1ccccc1F. The lowest BCUT2D eigenvalue weighted by Gasteiger charge is -2.19. The average molecular weight is 258 g/mol. The van der Waals surface area contributed by atoms with Crippen LogP contribution in [0.3, 0.4) is 0 Å². The predicted octanol–water partition coefficient (Wildman–Crippen LogP) is 3.48. The van der Waals surface area contributed by atoms with Crippen LogP contribution < -0.4 is 10.6 Å². The van der Waals surface area contributed by atoms with Crippen molar-refractivity contribution in [3.8, 4) is 0 Å². The largest absolute Gasteiger partial charge is 0.399 e. The zero-order valence-electron chi connectivity index (χ0n) is 11.1. The summed E-state index contributed by atoms with van der Waals surface area (Å²) in [4.78, 5) is 1.95. The minimum Gasteiger partial charge on any atom is -0.399 e. The van der Waals surface area contributed by atoms with Crippen molar-refractivity contribution in [3.63, 3.8) is 0 Å². The average Bonchev–Trinajstić information content (AvgIpc) is 2.41. The quantitative estimate of drug-likeness (QED) is 0.832. The van der Waals surface area contributed by atoms with Crippen LogP contribution in [0.4, 0.5) is 15.8 Å². The summed E-state index contributed by atoms with van der Waals surface area (Å²) in [5.41, 5.74) is 8.34. The molecular formula is C16H19FN2. The normalized spacial score (nSPS) is 10.4. The second-order valence-electron chi connectivity index (χ2n) is 4.72. The van der Waals surface area contributed by atoms with E-state index in [1.54, 1.807) is 12.1 Å². The van der Waals surface area contributed by atoms with Crippen LogP contribution in [0.5, 0.6) is 0 Å². The van der Waals surface area contributed by atoms with Gasteiger partial charge in [-0.2, -0.15) is 0 Å². The fourth-order valence-corrected chi connectivity index (χ4v) is 2.09. The molecule has 0 amide bonds. The van der Waals surface area contributed by atoms with E-state index >= 15 is 0 Å². The Bertz CT molecular complexity index is 523. The molecule has 0 radical (unpaired) electrons. The van der Waals surface area contributed by atoms with Gasteiger partial charge in [0, 0.05) is 19.3 Å². The van der Waals surface area contributed by atoms with E-state index in [-0.39, 0.29) is 5.82 Å². The molecule has 0 aliphatic heterocycles. The summed E-state index contributed by atoms with van der Waals surface area (Å²) in [7, 11) is 1.92. The summed E-state index contributed by atoms with van der Waals surface area (Å²) in [5.74, 6) is -0.169. The molecule has 0 aromatic heterocycles.